The van der Waals surface area contributed by atoms with Crippen molar-refractivity contribution in [3.63, 3.8) is 0 Å². The number of benzene rings is 1. The van der Waals surface area contributed by atoms with Gasteiger partial charge in [-0.2, -0.15) is 0 Å². The predicted octanol–water partition coefficient (Wildman–Crippen LogP) is 2.41. The molecule has 6 heteroatoms. The number of carbonyl (C=O) groups excluding carboxylic acids is 1. The van der Waals surface area contributed by atoms with Crippen LogP contribution in [-0.2, 0) is 11.2 Å². The van der Waals surface area contributed by atoms with Crippen LogP contribution in [0.4, 0.5) is 4.39 Å². The number of carbonyl (C=O) groups is 1. The lowest BCUT2D eigenvalue weighted by Crippen LogP contribution is -2.33. The summed E-state index contributed by atoms with van der Waals surface area (Å²) in [6, 6.07) is 4.55. The van der Waals surface area contributed by atoms with Gasteiger partial charge >= 0.3 is 0 Å². The Balaban J connectivity index is 1.84. The molecule has 0 saturated heterocycles. The van der Waals surface area contributed by atoms with Gasteiger partial charge in [0.1, 0.15) is 5.82 Å². The molecular weight excluding hydrogens is 277 g/mol. The second-order valence-corrected chi connectivity index (χ2v) is 5.37. The first-order valence-corrected chi connectivity index (χ1v) is 7.56. The van der Waals surface area contributed by atoms with Gasteiger partial charge in [-0.1, -0.05) is 11.8 Å². The van der Waals surface area contributed by atoms with E-state index in [9.17, 15) is 9.18 Å². The number of amides is 1. The molecule has 3 rings (SSSR count). The van der Waals surface area contributed by atoms with Crippen molar-refractivity contribution in [1.29, 1.82) is 0 Å². The van der Waals surface area contributed by atoms with E-state index in [-0.39, 0.29) is 18.1 Å². The molecule has 2 heterocycles. The molecule has 0 atom stereocenters. The molecule has 1 aromatic heterocycles. The fourth-order valence-electron chi connectivity index (χ4n) is 2.39. The summed E-state index contributed by atoms with van der Waals surface area (Å²) in [5.74, 6) is -0.293. The van der Waals surface area contributed by atoms with Gasteiger partial charge in [0, 0.05) is 23.6 Å². The van der Waals surface area contributed by atoms with Gasteiger partial charge in [-0.3, -0.25) is 14.7 Å². The van der Waals surface area contributed by atoms with E-state index < -0.39 is 0 Å². The summed E-state index contributed by atoms with van der Waals surface area (Å²) in [7, 11) is 0. The zero-order chi connectivity index (χ0) is 14.1. The van der Waals surface area contributed by atoms with Crippen molar-refractivity contribution in [2.45, 2.75) is 6.42 Å². The monoisotopic (exact) mass is 291 g/mol. The minimum absolute atomic E-state index is 0.000705. The molecule has 1 amide bonds. The Morgan fingerprint density at radius 3 is 3.20 bits per heavy atom. The van der Waals surface area contributed by atoms with E-state index in [1.165, 1.54) is 23.9 Å². The van der Waals surface area contributed by atoms with E-state index >= 15 is 0 Å². The zero-order valence-electron chi connectivity index (χ0n) is 11.0. The smallest absolute Gasteiger partial charge is 0.233 e. The summed E-state index contributed by atoms with van der Waals surface area (Å²) in [5, 5.41) is 1.53. The third-order valence-corrected chi connectivity index (χ3v) is 4.07. The maximum Gasteiger partial charge on any atom is 0.233 e. The number of H-pyrrole nitrogens is 1. The molecule has 20 heavy (non-hydrogen) atoms. The highest BCUT2D eigenvalue weighted by molar-refractivity contribution is 8.13. The number of hydrogen-bond acceptors (Lipinski definition) is 3. The molecule has 0 spiro atoms. The van der Waals surface area contributed by atoms with Gasteiger partial charge in [0.25, 0.3) is 0 Å². The van der Waals surface area contributed by atoms with Gasteiger partial charge in [-0.15, -0.1) is 0 Å². The Hall–Kier alpha value is -1.82. The topological polar surface area (TPSA) is 48.5 Å². The zero-order valence-corrected chi connectivity index (χ0v) is 11.8. The number of hydrogen-bond donors (Lipinski definition) is 1. The first kappa shape index (κ1) is 13.2. The predicted molar refractivity (Wildman–Crippen MR) is 79.5 cm³/mol. The minimum Gasteiger partial charge on any atom is -0.361 e. The van der Waals surface area contributed by atoms with Gasteiger partial charge in [0.15, 0.2) is 5.17 Å². The van der Waals surface area contributed by atoms with Gasteiger partial charge in [0.05, 0.1) is 13.0 Å². The van der Waals surface area contributed by atoms with Crippen molar-refractivity contribution in [3.8, 4) is 0 Å². The van der Waals surface area contributed by atoms with Crippen LogP contribution in [0.25, 0.3) is 10.9 Å². The van der Waals surface area contributed by atoms with E-state index in [4.69, 9.17) is 0 Å². The van der Waals surface area contributed by atoms with Crippen molar-refractivity contribution in [2.24, 2.45) is 4.99 Å². The number of nitrogens with one attached hydrogen (secondary N) is 1. The van der Waals surface area contributed by atoms with E-state index in [0.717, 1.165) is 21.6 Å². The molecule has 0 radical (unpaired) electrons. The molecule has 1 aromatic carbocycles. The lowest BCUT2D eigenvalue weighted by atomic mass is 10.1. The number of aromatic nitrogens is 1. The Kier molecular flexibility index (Phi) is 3.48. The Morgan fingerprint density at radius 1 is 1.55 bits per heavy atom. The second kappa shape index (κ2) is 5.28. The summed E-state index contributed by atoms with van der Waals surface area (Å²) in [6.45, 7) is 1.29. The molecule has 0 unspecified atom stereocenters. The van der Waals surface area contributed by atoms with Crippen LogP contribution in [0.1, 0.15) is 5.56 Å². The molecule has 1 aliphatic heterocycles. The quantitative estimate of drug-likeness (QED) is 0.923. The lowest BCUT2D eigenvalue weighted by Gasteiger charge is -2.16. The van der Waals surface area contributed by atoms with E-state index in [1.54, 1.807) is 17.2 Å². The largest absolute Gasteiger partial charge is 0.361 e. The van der Waals surface area contributed by atoms with Crippen molar-refractivity contribution in [2.75, 3.05) is 19.3 Å². The van der Waals surface area contributed by atoms with Gasteiger partial charge in [-0.25, -0.2) is 4.39 Å². The molecule has 1 N–H and O–H groups in total. The number of thioether (sulfide) groups is 1. The number of amidine groups is 1. The van der Waals surface area contributed by atoms with Gasteiger partial charge in [0.2, 0.25) is 5.91 Å². The summed E-state index contributed by atoms with van der Waals surface area (Å²) >= 11 is 1.47. The number of halogens is 1. The highest BCUT2D eigenvalue weighted by Crippen LogP contribution is 2.21. The second-order valence-electron chi connectivity index (χ2n) is 4.59. The third-order valence-electron chi connectivity index (χ3n) is 3.36. The number of aliphatic imine (C=N–C) groups is 1. The first-order chi connectivity index (χ1) is 9.69. The Labute approximate surface area is 120 Å². The molecule has 2 aromatic rings. The number of nitrogens with zero attached hydrogens (tertiary/aromatic N) is 2. The van der Waals surface area contributed by atoms with Crippen LogP contribution in [0.2, 0.25) is 0 Å². The minimum atomic E-state index is -0.293. The average Bonchev–Trinajstić information content (AvgIpc) is 3.05. The van der Waals surface area contributed by atoms with E-state index in [0.29, 0.717) is 13.1 Å². The third kappa shape index (κ3) is 2.31. The van der Waals surface area contributed by atoms with Crippen LogP contribution in [0, 0.1) is 5.82 Å². The van der Waals surface area contributed by atoms with Crippen molar-refractivity contribution in [3.05, 3.63) is 35.8 Å². The van der Waals surface area contributed by atoms with Crippen molar-refractivity contribution in [1.82, 2.24) is 9.88 Å². The summed E-state index contributed by atoms with van der Waals surface area (Å²) in [4.78, 5) is 21.4. The van der Waals surface area contributed by atoms with Crippen LogP contribution >= 0.6 is 11.8 Å². The molecule has 0 saturated carbocycles. The molecule has 104 valence electrons. The van der Waals surface area contributed by atoms with Crippen LogP contribution in [0.3, 0.4) is 0 Å². The maximum absolute atomic E-state index is 13.3. The van der Waals surface area contributed by atoms with Crippen LogP contribution in [0.15, 0.2) is 29.4 Å². The summed E-state index contributed by atoms with van der Waals surface area (Å²) < 4.78 is 13.3. The van der Waals surface area contributed by atoms with E-state index in [2.05, 4.69) is 9.98 Å². The first-order valence-electron chi connectivity index (χ1n) is 6.33. The van der Waals surface area contributed by atoms with Crippen LogP contribution < -0.4 is 0 Å². The van der Waals surface area contributed by atoms with Gasteiger partial charge in [-0.05, 0) is 30.0 Å². The Bertz CT molecular complexity index is 695. The van der Waals surface area contributed by atoms with Crippen LogP contribution in [0.5, 0.6) is 0 Å². The lowest BCUT2D eigenvalue weighted by molar-refractivity contribution is -0.126. The SMILES string of the molecule is CSC1=NCCN1C(=O)Cc1c[nH]c2ccc(F)cc12. The molecule has 0 aliphatic carbocycles. The van der Waals surface area contributed by atoms with E-state index in [1.807, 2.05) is 6.26 Å². The molecule has 1 aliphatic rings. The number of aromatic amines is 1. The average molecular weight is 291 g/mol. The fourth-order valence-corrected chi connectivity index (χ4v) is 3.02. The van der Waals surface area contributed by atoms with Gasteiger partial charge < -0.3 is 4.98 Å². The van der Waals surface area contributed by atoms with Crippen molar-refractivity contribution >= 4 is 33.7 Å². The normalized spacial score (nSPS) is 14.9. The number of fused-ring (bicyclic) bond motifs is 1. The highest BCUT2D eigenvalue weighted by Gasteiger charge is 2.23. The fraction of sp³-hybridized carbons (Fsp3) is 0.286. The standard InChI is InChI=1S/C14H14FN3OS/c1-20-14-16-4-5-18(14)13(19)6-9-8-17-12-3-2-10(15)7-11(9)12/h2-3,7-8,17H,4-6H2,1H3. The highest BCUT2D eigenvalue weighted by atomic mass is 32.2. The Morgan fingerprint density at radius 2 is 2.40 bits per heavy atom. The molecular formula is C14H14FN3OS. The molecule has 0 bridgehead atoms. The molecule has 0 fully saturated rings. The molecule has 4 nitrogen and oxygen atoms in total. The van der Waals surface area contributed by atoms with Crippen LogP contribution in [-0.4, -0.2) is 40.3 Å². The van der Waals surface area contributed by atoms with Crippen molar-refractivity contribution < 1.29 is 9.18 Å². The summed E-state index contributed by atoms with van der Waals surface area (Å²) in [6.07, 6.45) is 3.93. The number of rotatable bonds is 2. The summed E-state index contributed by atoms with van der Waals surface area (Å²) in [5.41, 5.74) is 1.66. The maximum atomic E-state index is 13.3.